The Hall–Kier alpha value is -1.32. The molecule has 1 heterocycles. The molecule has 0 unspecified atom stereocenters. The fourth-order valence-electron chi connectivity index (χ4n) is 0.311. The van der Waals surface area contributed by atoms with Crippen LogP contribution in [-0.2, 0) is 19.1 Å². The van der Waals surface area contributed by atoms with Gasteiger partial charge in [-0.2, -0.15) is 0 Å². The summed E-state index contributed by atoms with van der Waals surface area (Å²) in [6.07, 6.45) is 0. The number of rotatable bonds is 0. The van der Waals surface area contributed by atoms with Gasteiger partial charge in [0.1, 0.15) is 0 Å². The summed E-state index contributed by atoms with van der Waals surface area (Å²) >= 11 is 0. The van der Waals surface area contributed by atoms with E-state index in [9.17, 15) is 9.59 Å². The Balaban J connectivity index is 2.79. The van der Waals surface area contributed by atoms with Crippen LogP contribution in [0.5, 0.6) is 0 Å². The lowest BCUT2D eigenvalue weighted by Gasteiger charge is -1.82. The van der Waals surface area contributed by atoms with Crippen molar-refractivity contribution >= 4 is 11.9 Å². The van der Waals surface area contributed by atoms with E-state index in [0.717, 1.165) is 0 Å². The average Bonchev–Trinajstić information content (AvgIpc) is 1.85. The molecule has 0 N–H and O–H groups in total. The van der Waals surface area contributed by atoms with Crippen molar-refractivity contribution in [2.75, 3.05) is 0 Å². The molecule has 8 heavy (non-hydrogen) atoms. The van der Waals surface area contributed by atoms with Crippen LogP contribution in [0.15, 0.2) is 12.5 Å². The fourth-order valence-corrected chi connectivity index (χ4v) is 0.311. The molecule has 0 aromatic rings. The normalized spacial score (nSPS) is 18.2. The monoisotopic (exact) mass is 114 g/mol. The number of carbonyl (C=O) groups is 2. The molecule has 0 atom stereocenters. The standard InChI is InChI=1S/C4H2O4/c1-2-7-3(5)4(6)8-2/h1H2. The number of esters is 2. The Kier molecular flexibility index (Phi) is 0.802. The van der Waals surface area contributed by atoms with Crippen LogP contribution in [0.2, 0.25) is 0 Å². The molecule has 0 radical (unpaired) electrons. The van der Waals surface area contributed by atoms with Crippen molar-refractivity contribution in [3.8, 4) is 0 Å². The van der Waals surface area contributed by atoms with Crippen molar-refractivity contribution in [1.29, 1.82) is 0 Å². The average molecular weight is 114 g/mol. The van der Waals surface area contributed by atoms with Gasteiger partial charge in [-0.1, -0.05) is 0 Å². The molecule has 0 bridgehead atoms. The molecule has 1 rings (SSSR count). The van der Waals surface area contributed by atoms with Crippen LogP contribution in [0.25, 0.3) is 0 Å². The lowest BCUT2D eigenvalue weighted by atomic mass is 10.7. The van der Waals surface area contributed by atoms with Gasteiger partial charge < -0.3 is 9.47 Å². The minimum atomic E-state index is -1.00. The van der Waals surface area contributed by atoms with Gasteiger partial charge in [0.15, 0.2) is 0 Å². The predicted octanol–water partition coefficient (Wildman–Crippen LogP) is -0.442. The first kappa shape index (κ1) is 4.83. The van der Waals surface area contributed by atoms with Gasteiger partial charge >= 0.3 is 11.9 Å². The second-order valence-electron chi connectivity index (χ2n) is 1.15. The number of carbonyl (C=O) groups excluding carboxylic acids is 2. The SMILES string of the molecule is C=C1OC(=O)C(=O)O1. The summed E-state index contributed by atoms with van der Waals surface area (Å²) in [4.78, 5) is 20.1. The number of ether oxygens (including phenoxy) is 2. The molecule has 4 heteroatoms. The van der Waals surface area contributed by atoms with E-state index in [4.69, 9.17) is 0 Å². The van der Waals surface area contributed by atoms with E-state index in [1.165, 1.54) is 0 Å². The van der Waals surface area contributed by atoms with Crippen LogP contribution in [0.4, 0.5) is 0 Å². The minimum absolute atomic E-state index is 0.250. The molecule has 0 aromatic carbocycles. The Bertz CT molecular complexity index is 151. The maximum Gasteiger partial charge on any atom is 0.425 e. The highest BCUT2D eigenvalue weighted by Gasteiger charge is 2.28. The minimum Gasteiger partial charge on any atom is -0.384 e. The smallest absolute Gasteiger partial charge is 0.384 e. The number of cyclic esters (lactones) is 2. The lowest BCUT2D eigenvalue weighted by Crippen LogP contribution is -2.05. The van der Waals surface area contributed by atoms with Crippen molar-refractivity contribution < 1.29 is 19.1 Å². The highest BCUT2D eigenvalue weighted by atomic mass is 16.8. The molecule has 0 saturated carbocycles. The first-order valence-corrected chi connectivity index (χ1v) is 1.83. The van der Waals surface area contributed by atoms with Gasteiger partial charge in [0, 0.05) is 0 Å². The Morgan fingerprint density at radius 2 is 1.50 bits per heavy atom. The summed E-state index contributed by atoms with van der Waals surface area (Å²) in [6.45, 7) is 3.07. The van der Waals surface area contributed by atoms with E-state index in [0.29, 0.717) is 0 Å². The maximum absolute atomic E-state index is 10.0. The van der Waals surface area contributed by atoms with Gasteiger partial charge in [0.25, 0.3) is 5.95 Å². The van der Waals surface area contributed by atoms with Crippen LogP contribution in [0.1, 0.15) is 0 Å². The van der Waals surface area contributed by atoms with Gasteiger partial charge in [-0.05, 0) is 6.58 Å². The van der Waals surface area contributed by atoms with Crippen molar-refractivity contribution in [3.05, 3.63) is 12.5 Å². The van der Waals surface area contributed by atoms with Crippen molar-refractivity contribution in [2.45, 2.75) is 0 Å². The summed E-state index contributed by atoms with van der Waals surface area (Å²) in [6, 6.07) is 0. The molecule has 42 valence electrons. The first-order chi connectivity index (χ1) is 3.70. The number of hydrogen-bond acceptors (Lipinski definition) is 4. The highest BCUT2D eigenvalue weighted by Crippen LogP contribution is 2.06. The fraction of sp³-hybridized carbons (Fsp3) is 0. The molecule has 1 aliphatic rings. The molecule has 0 amide bonds. The summed E-state index contributed by atoms with van der Waals surface area (Å²) in [5, 5.41) is 0. The van der Waals surface area contributed by atoms with Gasteiger partial charge in [0.2, 0.25) is 0 Å². The second kappa shape index (κ2) is 1.33. The summed E-state index contributed by atoms with van der Waals surface area (Å²) < 4.78 is 8.14. The van der Waals surface area contributed by atoms with Crippen LogP contribution >= 0.6 is 0 Å². The molecule has 1 fully saturated rings. The Morgan fingerprint density at radius 1 is 1.12 bits per heavy atom. The Morgan fingerprint density at radius 3 is 1.62 bits per heavy atom. The van der Waals surface area contributed by atoms with Crippen LogP contribution in [-0.4, -0.2) is 11.9 Å². The molecule has 0 aliphatic carbocycles. The third-order valence-corrected chi connectivity index (χ3v) is 0.580. The van der Waals surface area contributed by atoms with E-state index in [1.54, 1.807) is 0 Å². The lowest BCUT2D eigenvalue weighted by molar-refractivity contribution is -0.150. The van der Waals surface area contributed by atoms with Crippen LogP contribution in [0, 0.1) is 0 Å². The largest absolute Gasteiger partial charge is 0.425 e. The molecule has 0 aromatic heterocycles. The van der Waals surface area contributed by atoms with Gasteiger partial charge in [0.05, 0.1) is 0 Å². The van der Waals surface area contributed by atoms with Gasteiger partial charge in [-0.3, -0.25) is 0 Å². The Labute approximate surface area is 44.7 Å². The number of hydrogen-bond donors (Lipinski definition) is 0. The van der Waals surface area contributed by atoms with E-state index in [1.807, 2.05) is 0 Å². The van der Waals surface area contributed by atoms with E-state index in [2.05, 4.69) is 16.1 Å². The topological polar surface area (TPSA) is 52.6 Å². The molecular weight excluding hydrogens is 112 g/mol. The summed E-state index contributed by atoms with van der Waals surface area (Å²) in [7, 11) is 0. The molecular formula is C4H2O4. The van der Waals surface area contributed by atoms with E-state index < -0.39 is 11.9 Å². The van der Waals surface area contributed by atoms with Crippen molar-refractivity contribution in [2.24, 2.45) is 0 Å². The summed E-state index contributed by atoms with van der Waals surface area (Å²) in [5.74, 6) is -2.26. The third-order valence-electron chi connectivity index (χ3n) is 0.580. The second-order valence-corrected chi connectivity index (χ2v) is 1.15. The van der Waals surface area contributed by atoms with Gasteiger partial charge in [-0.15, -0.1) is 0 Å². The van der Waals surface area contributed by atoms with Crippen molar-refractivity contribution in [3.63, 3.8) is 0 Å². The van der Waals surface area contributed by atoms with Crippen LogP contribution < -0.4 is 0 Å². The quantitative estimate of drug-likeness (QED) is 0.316. The van der Waals surface area contributed by atoms with E-state index >= 15 is 0 Å². The molecule has 4 nitrogen and oxygen atoms in total. The zero-order valence-electron chi connectivity index (χ0n) is 3.84. The summed E-state index contributed by atoms with van der Waals surface area (Å²) in [5.41, 5.74) is 0. The van der Waals surface area contributed by atoms with Crippen molar-refractivity contribution in [1.82, 2.24) is 0 Å². The molecule has 1 saturated heterocycles. The molecule has 1 aliphatic heterocycles. The zero-order chi connectivity index (χ0) is 6.15. The maximum atomic E-state index is 10.0. The predicted molar refractivity (Wildman–Crippen MR) is 21.3 cm³/mol. The first-order valence-electron chi connectivity index (χ1n) is 1.83. The highest BCUT2D eigenvalue weighted by molar-refractivity contribution is 6.31. The van der Waals surface area contributed by atoms with Crippen LogP contribution in [0.3, 0.4) is 0 Å². The third kappa shape index (κ3) is 0.556. The van der Waals surface area contributed by atoms with Gasteiger partial charge in [-0.25, -0.2) is 9.59 Å². The zero-order valence-corrected chi connectivity index (χ0v) is 3.84. The molecule has 0 spiro atoms. The van der Waals surface area contributed by atoms with E-state index in [-0.39, 0.29) is 5.95 Å².